The van der Waals surface area contributed by atoms with Crippen LogP contribution in [-0.2, 0) is 6.42 Å². The van der Waals surface area contributed by atoms with Crippen LogP contribution in [0.5, 0.6) is 0 Å². The maximum absolute atomic E-state index is 13.1. The van der Waals surface area contributed by atoms with Gasteiger partial charge < -0.3 is 15.0 Å². The second-order valence-corrected chi connectivity index (χ2v) is 6.74. The number of hydrogen-bond acceptors (Lipinski definition) is 2. The molecule has 0 radical (unpaired) electrons. The van der Waals surface area contributed by atoms with E-state index in [2.05, 4.69) is 5.32 Å². The average molecular weight is 384 g/mol. The number of benzene rings is 3. The quantitative estimate of drug-likeness (QED) is 0.475. The van der Waals surface area contributed by atoms with Crippen LogP contribution < -0.4 is 5.32 Å². The van der Waals surface area contributed by atoms with Crippen molar-refractivity contribution in [1.82, 2.24) is 9.88 Å². The fourth-order valence-corrected chi connectivity index (χ4v) is 3.57. The van der Waals surface area contributed by atoms with Crippen molar-refractivity contribution in [3.05, 3.63) is 102 Å². The number of hydrogen-bond donors (Lipinski definition) is 2. The van der Waals surface area contributed by atoms with E-state index in [4.69, 9.17) is 5.11 Å². The molecule has 144 valence electrons. The molecule has 3 aromatic carbocycles. The van der Waals surface area contributed by atoms with Gasteiger partial charge >= 0.3 is 6.09 Å². The van der Waals surface area contributed by atoms with Crippen molar-refractivity contribution < 1.29 is 14.7 Å². The maximum atomic E-state index is 13.1. The topological polar surface area (TPSA) is 71.3 Å². The molecule has 5 nitrogen and oxygen atoms in total. The molecule has 0 saturated carbocycles. The standard InChI is InChI=1S/C24H20N2O3/c27-23(17-8-2-1-3-9-17)20-11-5-7-13-22(20)26-16-18(14-15-25-24(28)29)19-10-4-6-12-21(19)26/h1-13,16,25H,14-15H2,(H,28,29). The highest BCUT2D eigenvalue weighted by Gasteiger charge is 2.17. The van der Waals surface area contributed by atoms with Crippen molar-refractivity contribution in [2.45, 2.75) is 6.42 Å². The molecule has 0 fully saturated rings. The molecule has 0 unspecified atom stereocenters. The van der Waals surface area contributed by atoms with Gasteiger partial charge in [-0.1, -0.05) is 60.7 Å². The van der Waals surface area contributed by atoms with Crippen LogP contribution in [0, 0.1) is 0 Å². The lowest BCUT2D eigenvalue weighted by molar-refractivity contribution is 0.103. The third-order valence-electron chi connectivity index (χ3n) is 4.91. The van der Waals surface area contributed by atoms with E-state index in [1.54, 1.807) is 0 Å². The summed E-state index contributed by atoms with van der Waals surface area (Å²) in [5.41, 5.74) is 4.06. The predicted octanol–water partition coefficient (Wildman–Crippen LogP) is 4.67. The van der Waals surface area contributed by atoms with Gasteiger partial charge in [0.05, 0.1) is 11.2 Å². The molecule has 1 amide bonds. The molecule has 0 aliphatic heterocycles. The van der Waals surface area contributed by atoms with Gasteiger partial charge in [-0.15, -0.1) is 0 Å². The number of nitrogens with one attached hydrogen (secondary N) is 1. The monoisotopic (exact) mass is 384 g/mol. The normalized spacial score (nSPS) is 10.8. The van der Waals surface area contributed by atoms with Crippen LogP contribution in [0.25, 0.3) is 16.6 Å². The molecule has 0 atom stereocenters. The van der Waals surface area contributed by atoms with Gasteiger partial charge in [-0.05, 0) is 30.2 Å². The Morgan fingerprint density at radius 3 is 2.34 bits per heavy atom. The number of amides is 1. The number of rotatable bonds is 6. The molecule has 4 rings (SSSR count). The van der Waals surface area contributed by atoms with Crippen molar-refractivity contribution in [1.29, 1.82) is 0 Å². The summed E-state index contributed by atoms with van der Waals surface area (Å²) in [6.45, 7) is 0.327. The molecule has 0 spiro atoms. The molecular formula is C24H20N2O3. The Balaban J connectivity index is 1.80. The van der Waals surface area contributed by atoms with E-state index in [0.29, 0.717) is 24.1 Å². The predicted molar refractivity (Wildman–Crippen MR) is 113 cm³/mol. The molecular weight excluding hydrogens is 364 g/mol. The van der Waals surface area contributed by atoms with E-state index in [1.165, 1.54) is 0 Å². The van der Waals surface area contributed by atoms with Crippen molar-refractivity contribution in [3.63, 3.8) is 0 Å². The molecule has 5 heteroatoms. The van der Waals surface area contributed by atoms with Crippen LogP contribution in [0.1, 0.15) is 21.5 Å². The van der Waals surface area contributed by atoms with E-state index in [-0.39, 0.29) is 5.78 Å². The lowest BCUT2D eigenvalue weighted by Crippen LogP contribution is -2.23. The van der Waals surface area contributed by atoms with Crippen LogP contribution in [0.4, 0.5) is 4.79 Å². The van der Waals surface area contributed by atoms with E-state index < -0.39 is 6.09 Å². The number of nitrogens with zero attached hydrogens (tertiary/aromatic N) is 1. The van der Waals surface area contributed by atoms with Crippen LogP contribution in [0.3, 0.4) is 0 Å². The zero-order chi connectivity index (χ0) is 20.2. The zero-order valence-corrected chi connectivity index (χ0v) is 15.7. The van der Waals surface area contributed by atoms with Crippen LogP contribution in [0.15, 0.2) is 85.1 Å². The van der Waals surface area contributed by atoms with E-state index in [9.17, 15) is 9.59 Å². The number of carboxylic acid groups (broad SMARTS) is 1. The van der Waals surface area contributed by atoms with Gasteiger partial charge in [0.25, 0.3) is 0 Å². The molecule has 0 saturated heterocycles. The molecule has 4 aromatic rings. The Morgan fingerprint density at radius 1 is 0.862 bits per heavy atom. The lowest BCUT2D eigenvalue weighted by atomic mass is 10.0. The Morgan fingerprint density at radius 2 is 1.55 bits per heavy atom. The Labute approximate surface area is 168 Å². The molecule has 0 aliphatic carbocycles. The minimum absolute atomic E-state index is 0.0342. The first-order valence-electron chi connectivity index (χ1n) is 9.40. The highest BCUT2D eigenvalue weighted by molar-refractivity contribution is 6.11. The molecule has 1 aromatic heterocycles. The third kappa shape index (κ3) is 3.75. The van der Waals surface area contributed by atoms with E-state index >= 15 is 0 Å². The summed E-state index contributed by atoms with van der Waals surface area (Å²) < 4.78 is 2.02. The fourth-order valence-electron chi connectivity index (χ4n) is 3.57. The number of ketones is 1. The smallest absolute Gasteiger partial charge is 0.404 e. The first-order valence-corrected chi connectivity index (χ1v) is 9.40. The van der Waals surface area contributed by atoms with Crippen LogP contribution in [-0.4, -0.2) is 28.1 Å². The molecule has 1 heterocycles. The van der Waals surface area contributed by atoms with Crippen molar-refractivity contribution in [2.75, 3.05) is 6.54 Å². The average Bonchev–Trinajstić information content (AvgIpc) is 3.12. The van der Waals surface area contributed by atoms with Gasteiger partial charge in [-0.2, -0.15) is 0 Å². The Hall–Kier alpha value is -3.86. The number of fused-ring (bicyclic) bond motifs is 1. The third-order valence-corrected chi connectivity index (χ3v) is 4.91. The summed E-state index contributed by atoms with van der Waals surface area (Å²) in [6, 6.07) is 24.7. The molecule has 0 bridgehead atoms. The number of carbonyl (C=O) groups excluding carboxylic acids is 1. The SMILES string of the molecule is O=C(O)NCCc1cn(-c2ccccc2C(=O)c2ccccc2)c2ccccc12. The van der Waals surface area contributed by atoms with Gasteiger partial charge in [0, 0.05) is 29.3 Å². The minimum atomic E-state index is -1.03. The highest BCUT2D eigenvalue weighted by Crippen LogP contribution is 2.28. The summed E-state index contributed by atoms with van der Waals surface area (Å²) in [7, 11) is 0. The number of para-hydroxylation sites is 2. The summed E-state index contributed by atoms with van der Waals surface area (Å²) in [5, 5.41) is 12.3. The van der Waals surface area contributed by atoms with Gasteiger partial charge in [0.15, 0.2) is 5.78 Å². The van der Waals surface area contributed by atoms with Gasteiger partial charge in [0.2, 0.25) is 0 Å². The zero-order valence-electron chi connectivity index (χ0n) is 15.7. The van der Waals surface area contributed by atoms with Crippen LogP contribution >= 0.6 is 0 Å². The lowest BCUT2D eigenvalue weighted by Gasteiger charge is -2.11. The second-order valence-electron chi connectivity index (χ2n) is 6.74. The Kier molecular flexibility index (Phi) is 5.12. The first-order chi connectivity index (χ1) is 14.1. The molecule has 29 heavy (non-hydrogen) atoms. The fraction of sp³-hybridized carbons (Fsp3) is 0.0833. The minimum Gasteiger partial charge on any atom is -0.465 e. The Bertz CT molecular complexity index is 1180. The highest BCUT2D eigenvalue weighted by atomic mass is 16.4. The molecule has 2 N–H and O–H groups in total. The van der Waals surface area contributed by atoms with Gasteiger partial charge in [0.1, 0.15) is 0 Å². The second kappa shape index (κ2) is 8.02. The number of carbonyl (C=O) groups is 2. The van der Waals surface area contributed by atoms with Gasteiger partial charge in [-0.3, -0.25) is 4.79 Å². The van der Waals surface area contributed by atoms with Crippen LogP contribution in [0.2, 0.25) is 0 Å². The maximum Gasteiger partial charge on any atom is 0.404 e. The van der Waals surface area contributed by atoms with E-state index in [1.807, 2.05) is 89.6 Å². The summed E-state index contributed by atoms with van der Waals surface area (Å²) >= 11 is 0. The summed E-state index contributed by atoms with van der Waals surface area (Å²) in [4.78, 5) is 23.9. The van der Waals surface area contributed by atoms with Crippen molar-refractivity contribution in [3.8, 4) is 5.69 Å². The van der Waals surface area contributed by atoms with Gasteiger partial charge in [-0.25, -0.2) is 4.79 Å². The largest absolute Gasteiger partial charge is 0.465 e. The molecule has 0 aliphatic rings. The summed E-state index contributed by atoms with van der Waals surface area (Å²) in [5.74, 6) is -0.0342. The van der Waals surface area contributed by atoms with E-state index in [0.717, 1.165) is 22.2 Å². The number of aromatic nitrogens is 1. The van der Waals surface area contributed by atoms with Crippen molar-refractivity contribution in [2.24, 2.45) is 0 Å². The van der Waals surface area contributed by atoms with Crippen molar-refractivity contribution >= 4 is 22.8 Å². The first kappa shape index (κ1) is 18.5. The summed E-state index contributed by atoms with van der Waals surface area (Å²) in [6.07, 6.45) is 1.52.